The first-order chi connectivity index (χ1) is 13.7. The number of carbonyl (C=O) groups excluding carboxylic acids is 1. The molecule has 0 atom stereocenters. The van der Waals surface area contributed by atoms with Crippen molar-refractivity contribution in [3.05, 3.63) is 71.3 Å². The Bertz CT molecular complexity index is 1200. The summed E-state index contributed by atoms with van der Waals surface area (Å²) < 4.78 is 11.5. The fourth-order valence-corrected chi connectivity index (χ4v) is 2.84. The van der Waals surface area contributed by atoms with Crippen LogP contribution < -0.4 is 15.6 Å². The molecule has 4 rings (SSSR count). The van der Waals surface area contributed by atoms with Crippen molar-refractivity contribution in [2.24, 2.45) is 0 Å². The molecule has 0 saturated heterocycles. The van der Waals surface area contributed by atoms with Gasteiger partial charge >= 0.3 is 0 Å². The van der Waals surface area contributed by atoms with Gasteiger partial charge in [-0.25, -0.2) is 4.98 Å². The first-order valence-corrected chi connectivity index (χ1v) is 8.50. The summed E-state index contributed by atoms with van der Waals surface area (Å²) in [5, 5.41) is 6.94. The van der Waals surface area contributed by atoms with Crippen LogP contribution in [0, 0.1) is 0 Å². The number of rotatable bonds is 5. The lowest BCUT2D eigenvalue weighted by Crippen LogP contribution is -2.27. The maximum atomic E-state index is 12.9. The lowest BCUT2D eigenvalue weighted by molar-refractivity contribution is -0.116. The van der Waals surface area contributed by atoms with E-state index in [1.807, 2.05) is 30.3 Å². The molecule has 0 fully saturated rings. The molecule has 8 heteroatoms. The molecule has 2 aromatic heterocycles. The summed E-state index contributed by atoms with van der Waals surface area (Å²) in [5.41, 5.74) is 1.44. The van der Waals surface area contributed by atoms with E-state index in [9.17, 15) is 9.59 Å². The largest absolute Gasteiger partial charge is 0.497 e. The minimum absolute atomic E-state index is 0.133. The minimum atomic E-state index is -0.397. The molecule has 0 aliphatic rings. The lowest BCUT2D eigenvalue weighted by atomic mass is 10.1. The third-order valence-electron chi connectivity index (χ3n) is 4.18. The van der Waals surface area contributed by atoms with Crippen LogP contribution in [0.3, 0.4) is 0 Å². The van der Waals surface area contributed by atoms with Crippen LogP contribution in [0.4, 0.5) is 5.69 Å². The monoisotopic (exact) mass is 376 g/mol. The number of nitrogens with one attached hydrogen (secondary N) is 1. The van der Waals surface area contributed by atoms with Gasteiger partial charge in [0, 0.05) is 17.3 Å². The Labute approximate surface area is 159 Å². The van der Waals surface area contributed by atoms with E-state index in [2.05, 4.69) is 15.5 Å². The van der Waals surface area contributed by atoms with Gasteiger partial charge in [0.05, 0.1) is 7.11 Å². The number of amides is 1. The standard InChI is InChI=1S/C20H16N4O4/c1-27-15-9-5-8-14(10-15)22-16(25)11-24-12-21-19-17(20(24)26)18(23-28-19)13-6-3-2-4-7-13/h2-10,12H,11H2,1H3,(H,22,25). The third kappa shape index (κ3) is 3.35. The van der Waals surface area contributed by atoms with Gasteiger partial charge in [-0.2, -0.15) is 0 Å². The predicted octanol–water partition coefficient (Wildman–Crippen LogP) is 2.70. The molecule has 8 nitrogen and oxygen atoms in total. The Hall–Kier alpha value is -3.94. The maximum absolute atomic E-state index is 12.9. The Balaban J connectivity index is 1.63. The maximum Gasteiger partial charge on any atom is 0.267 e. The SMILES string of the molecule is COc1cccc(NC(=O)Cn2cnc3onc(-c4ccccc4)c3c2=O)c1. The fourth-order valence-electron chi connectivity index (χ4n) is 2.84. The highest BCUT2D eigenvalue weighted by Gasteiger charge is 2.17. The van der Waals surface area contributed by atoms with Gasteiger partial charge in [0.1, 0.15) is 29.7 Å². The highest BCUT2D eigenvalue weighted by Crippen LogP contribution is 2.23. The van der Waals surface area contributed by atoms with Crippen LogP contribution in [0.5, 0.6) is 5.75 Å². The fraction of sp³-hybridized carbons (Fsp3) is 0.100. The van der Waals surface area contributed by atoms with Gasteiger partial charge in [0.15, 0.2) is 0 Å². The Morgan fingerprint density at radius 2 is 2.00 bits per heavy atom. The van der Waals surface area contributed by atoms with Crippen LogP contribution in [0.1, 0.15) is 0 Å². The van der Waals surface area contributed by atoms with E-state index in [1.165, 1.54) is 10.9 Å². The molecule has 2 aromatic carbocycles. The number of ether oxygens (including phenoxy) is 1. The number of aromatic nitrogens is 3. The molecule has 0 bridgehead atoms. The topological polar surface area (TPSA) is 99.2 Å². The summed E-state index contributed by atoms with van der Waals surface area (Å²) in [6.45, 7) is -0.196. The third-order valence-corrected chi connectivity index (χ3v) is 4.18. The van der Waals surface area contributed by atoms with Crippen LogP contribution in [0.2, 0.25) is 0 Å². The zero-order valence-corrected chi connectivity index (χ0v) is 15.0. The average molecular weight is 376 g/mol. The smallest absolute Gasteiger partial charge is 0.267 e. The molecule has 0 radical (unpaired) electrons. The van der Waals surface area contributed by atoms with Gasteiger partial charge in [-0.1, -0.05) is 41.6 Å². The summed E-state index contributed by atoms with van der Waals surface area (Å²) in [7, 11) is 1.55. The number of fused-ring (bicyclic) bond motifs is 1. The number of methoxy groups -OCH3 is 1. The van der Waals surface area contributed by atoms with Crippen molar-refractivity contribution in [1.29, 1.82) is 0 Å². The highest BCUT2D eigenvalue weighted by atomic mass is 16.5. The number of carbonyl (C=O) groups is 1. The van der Waals surface area contributed by atoms with Crippen molar-refractivity contribution in [1.82, 2.24) is 14.7 Å². The van der Waals surface area contributed by atoms with Gasteiger partial charge in [0.25, 0.3) is 11.3 Å². The van der Waals surface area contributed by atoms with E-state index >= 15 is 0 Å². The van der Waals surface area contributed by atoms with E-state index in [4.69, 9.17) is 9.26 Å². The van der Waals surface area contributed by atoms with Crippen LogP contribution in [-0.4, -0.2) is 27.7 Å². The summed E-state index contributed by atoms with van der Waals surface area (Å²) in [6.07, 6.45) is 1.27. The Kier molecular flexibility index (Phi) is 4.59. The molecule has 2 heterocycles. The van der Waals surface area contributed by atoms with Crippen LogP contribution in [-0.2, 0) is 11.3 Å². The molecule has 4 aromatic rings. The first kappa shape index (κ1) is 17.5. The van der Waals surface area contributed by atoms with E-state index in [-0.39, 0.29) is 23.6 Å². The van der Waals surface area contributed by atoms with Gasteiger partial charge in [-0.3, -0.25) is 14.2 Å². The summed E-state index contributed by atoms with van der Waals surface area (Å²) >= 11 is 0. The molecule has 1 N–H and O–H groups in total. The molecule has 0 aliphatic heterocycles. The Morgan fingerprint density at radius 1 is 1.18 bits per heavy atom. The summed E-state index contributed by atoms with van der Waals surface area (Å²) in [4.78, 5) is 29.4. The lowest BCUT2D eigenvalue weighted by Gasteiger charge is -2.08. The quantitative estimate of drug-likeness (QED) is 0.575. The van der Waals surface area contributed by atoms with E-state index in [0.717, 1.165) is 5.56 Å². The van der Waals surface area contributed by atoms with Gasteiger partial charge < -0.3 is 14.6 Å². The van der Waals surface area contributed by atoms with Crippen molar-refractivity contribution in [2.75, 3.05) is 12.4 Å². The van der Waals surface area contributed by atoms with Crippen LogP contribution in [0.15, 0.2) is 70.2 Å². The molecular formula is C20H16N4O4. The van der Waals surface area contributed by atoms with Crippen molar-refractivity contribution >= 4 is 22.7 Å². The average Bonchev–Trinajstić information content (AvgIpc) is 3.16. The van der Waals surface area contributed by atoms with Crippen LogP contribution in [0.25, 0.3) is 22.4 Å². The van der Waals surface area contributed by atoms with Crippen LogP contribution >= 0.6 is 0 Å². The zero-order valence-electron chi connectivity index (χ0n) is 15.0. The molecule has 140 valence electrons. The van der Waals surface area contributed by atoms with Gasteiger partial charge in [-0.05, 0) is 12.1 Å². The van der Waals surface area contributed by atoms with E-state index in [0.29, 0.717) is 17.1 Å². The molecule has 0 aliphatic carbocycles. The van der Waals surface area contributed by atoms with Crippen molar-refractivity contribution in [3.8, 4) is 17.0 Å². The first-order valence-electron chi connectivity index (χ1n) is 8.50. The molecule has 1 amide bonds. The Morgan fingerprint density at radius 3 is 2.79 bits per heavy atom. The molecule has 0 unspecified atom stereocenters. The summed E-state index contributed by atoms with van der Waals surface area (Å²) in [6, 6.07) is 16.2. The number of anilines is 1. The number of benzene rings is 2. The van der Waals surface area contributed by atoms with E-state index in [1.54, 1.807) is 31.4 Å². The number of hydrogen-bond acceptors (Lipinski definition) is 6. The minimum Gasteiger partial charge on any atom is -0.497 e. The molecular weight excluding hydrogens is 360 g/mol. The second-order valence-electron chi connectivity index (χ2n) is 6.04. The van der Waals surface area contributed by atoms with Gasteiger partial charge in [-0.15, -0.1) is 0 Å². The summed E-state index contributed by atoms with van der Waals surface area (Å²) in [5.74, 6) is 0.254. The van der Waals surface area contributed by atoms with Crippen molar-refractivity contribution < 1.29 is 14.1 Å². The zero-order chi connectivity index (χ0) is 19.5. The van der Waals surface area contributed by atoms with Crippen molar-refractivity contribution in [2.45, 2.75) is 6.54 Å². The highest BCUT2D eigenvalue weighted by molar-refractivity contribution is 5.91. The van der Waals surface area contributed by atoms with E-state index < -0.39 is 5.56 Å². The number of nitrogens with zero attached hydrogens (tertiary/aromatic N) is 3. The predicted molar refractivity (Wildman–Crippen MR) is 103 cm³/mol. The van der Waals surface area contributed by atoms with Crippen molar-refractivity contribution in [3.63, 3.8) is 0 Å². The van der Waals surface area contributed by atoms with Gasteiger partial charge in [0.2, 0.25) is 5.91 Å². The normalized spacial score (nSPS) is 10.8. The number of hydrogen-bond donors (Lipinski definition) is 1. The second kappa shape index (κ2) is 7.36. The molecule has 0 spiro atoms. The molecule has 0 saturated carbocycles. The molecule has 28 heavy (non-hydrogen) atoms. The second-order valence-corrected chi connectivity index (χ2v) is 6.04.